The van der Waals surface area contributed by atoms with Crippen LogP contribution in [0.2, 0.25) is 0 Å². The molecule has 0 saturated carbocycles. The van der Waals surface area contributed by atoms with E-state index in [1.54, 1.807) is 57.2 Å². The van der Waals surface area contributed by atoms with Crippen LogP contribution in [0.4, 0.5) is 27.5 Å². The Kier molecular flexibility index (Phi) is 28.5. The number of nitrogens with zero attached hydrogens (tertiary/aromatic N) is 2. The summed E-state index contributed by atoms with van der Waals surface area (Å²) >= 11 is 0. The van der Waals surface area contributed by atoms with Crippen LogP contribution in [0, 0.1) is 5.92 Å². The third-order valence-corrected chi connectivity index (χ3v) is 8.49. The molecule has 2 unspecified atom stereocenters. The lowest BCUT2D eigenvalue weighted by Gasteiger charge is -2.23. The number of amides is 3. The standard InChI is InChI=1S/C43H67N7O14/c1-43(2,3)64-42(57)48-37(41(55)56)31-32(40(53)54)5-4-6-39(52)47-34-9-13-36(14-10-34)50-49-35-11-7-33(8-12-35)45-17-18-46-38(51)15-19-58-21-23-60-25-27-62-29-30-63-28-26-61-24-22-59-20-16-44/h7-14,32,37,45H,4-6,15-31,44H2,1-3H3,(H,46,51)(H,47,52)(H,48,57)(H,53,54)(H,55,56). The molecule has 21 nitrogen and oxygen atoms in total. The number of azo groups is 1. The van der Waals surface area contributed by atoms with Crippen LogP contribution >= 0.6 is 0 Å². The van der Waals surface area contributed by atoms with Gasteiger partial charge >= 0.3 is 18.0 Å². The van der Waals surface area contributed by atoms with Crippen LogP contribution in [0.5, 0.6) is 0 Å². The van der Waals surface area contributed by atoms with Crippen LogP contribution in [-0.2, 0) is 52.3 Å². The molecule has 0 fully saturated rings. The number of carboxylic acid groups (broad SMARTS) is 2. The number of hydrogen-bond acceptors (Lipinski definition) is 16. The van der Waals surface area contributed by atoms with Crippen molar-refractivity contribution in [2.45, 2.75) is 64.5 Å². The van der Waals surface area contributed by atoms with Crippen molar-refractivity contribution in [3.05, 3.63) is 48.5 Å². The highest BCUT2D eigenvalue weighted by atomic mass is 16.6. The van der Waals surface area contributed by atoms with Gasteiger partial charge in [0.25, 0.3) is 0 Å². The average molecular weight is 906 g/mol. The molecule has 0 aromatic heterocycles. The second-order valence-electron chi connectivity index (χ2n) is 15.0. The predicted octanol–water partition coefficient (Wildman–Crippen LogP) is 4.26. The summed E-state index contributed by atoms with van der Waals surface area (Å²) in [7, 11) is 0. The number of nitrogens with two attached hydrogens (primary N) is 1. The Morgan fingerprint density at radius 3 is 1.58 bits per heavy atom. The van der Waals surface area contributed by atoms with Crippen LogP contribution in [0.1, 0.15) is 52.9 Å². The third-order valence-electron chi connectivity index (χ3n) is 8.49. The van der Waals surface area contributed by atoms with E-state index in [2.05, 4.69) is 31.5 Å². The van der Waals surface area contributed by atoms with E-state index in [0.29, 0.717) is 109 Å². The zero-order valence-electron chi connectivity index (χ0n) is 37.2. The number of carbonyl (C=O) groups is 5. The zero-order valence-corrected chi connectivity index (χ0v) is 37.2. The number of carbonyl (C=O) groups excluding carboxylic acids is 3. The van der Waals surface area contributed by atoms with E-state index in [-0.39, 0.29) is 50.5 Å². The molecule has 2 aromatic carbocycles. The molecule has 0 saturated heterocycles. The first-order chi connectivity index (χ1) is 30.8. The van der Waals surface area contributed by atoms with Gasteiger partial charge in [-0.05, 0) is 88.6 Å². The first kappa shape index (κ1) is 54.8. The average Bonchev–Trinajstić information content (AvgIpc) is 3.24. The lowest BCUT2D eigenvalue weighted by molar-refractivity contribution is -0.144. The minimum atomic E-state index is -1.47. The van der Waals surface area contributed by atoms with Crippen LogP contribution in [-0.4, -0.2) is 151 Å². The number of ether oxygens (including phenoxy) is 7. The Bertz CT molecular complexity index is 1660. The van der Waals surface area contributed by atoms with Gasteiger partial charge in [0.15, 0.2) is 0 Å². The number of aliphatic carboxylic acids is 2. The van der Waals surface area contributed by atoms with Crippen molar-refractivity contribution in [3.63, 3.8) is 0 Å². The lowest BCUT2D eigenvalue weighted by atomic mass is 9.94. The molecule has 0 spiro atoms. The Hall–Kier alpha value is -5.29. The molecule has 0 bridgehead atoms. The van der Waals surface area contributed by atoms with Crippen molar-refractivity contribution in [1.29, 1.82) is 0 Å². The fourth-order valence-electron chi connectivity index (χ4n) is 5.35. The molecule has 2 atom stereocenters. The molecule has 8 N–H and O–H groups in total. The highest BCUT2D eigenvalue weighted by molar-refractivity contribution is 5.90. The molecule has 64 heavy (non-hydrogen) atoms. The smallest absolute Gasteiger partial charge is 0.408 e. The van der Waals surface area contributed by atoms with Gasteiger partial charge in [0.2, 0.25) is 11.8 Å². The van der Waals surface area contributed by atoms with E-state index in [1.807, 2.05) is 12.1 Å². The monoisotopic (exact) mass is 905 g/mol. The van der Waals surface area contributed by atoms with E-state index >= 15 is 0 Å². The molecule has 3 amide bonds. The molecule has 2 rings (SSSR count). The molecule has 0 aliphatic carbocycles. The maximum Gasteiger partial charge on any atom is 0.408 e. The Morgan fingerprint density at radius 1 is 0.625 bits per heavy atom. The predicted molar refractivity (Wildman–Crippen MR) is 236 cm³/mol. The summed E-state index contributed by atoms with van der Waals surface area (Å²) in [5.74, 6) is -4.20. The molecule has 0 aliphatic heterocycles. The van der Waals surface area contributed by atoms with Crippen molar-refractivity contribution >= 4 is 52.6 Å². The van der Waals surface area contributed by atoms with Gasteiger partial charge in [-0.1, -0.05) is 0 Å². The summed E-state index contributed by atoms with van der Waals surface area (Å²) in [5.41, 5.74) is 6.99. The maximum atomic E-state index is 12.5. The van der Waals surface area contributed by atoms with Crippen LogP contribution < -0.4 is 27.0 Å². The van der Waals surface area contributed by atoms with E-state index in [0.717, 1.165) is 5.69 Å². The topological polar surface area (TPSA) is 289 Å². The lowest BCUT2D eigenvalue weighted by Crippen LogP contribution is -2.45. The normalized spacial score (nSPS) is 12.4. The highest BCUT2D eigenvalue weighted by Gasteiger charge is 2.30. The summed E-state index contributed by atoms with van der Waals surface area (Å²) in [6.45, 7) is 11.7. The van der Waals surface area contributed by atoms with Gasteiger partial charge in [-0.3, -0.25) is 14.4 Å². The Labute approximate surface area is 374 Å². The minimum absolute atomic E-state index is 0.00216. The first-order valence-corrected chi connectivity index (χ1v) is 21.3. The number of nitrogens with one attached hydrogen (secondary N) is 4. The number of rotatable bonds is 36. The number of hydrogen-bond donors (Lipinski definition) is 7. The Balaban J connectivity index is 1.53. The number of anilines is 2. The molecule has 0 aliphatic rings. The van der Waals surface area contributed by atoms with Crippen molar-refractivity contribution in [2.75, 3.05) is 110 Å². The second-order valence-corrected chi connectivity index (χ2v) is 15.0. The fourth-order valence-corrected chi connectivity index (χ4v) is 5.35. The number of alkyl carbamates (subject to hydrolysis) is 1. The van der Waals surface area contributed by atoms with Gasteiger partial charge in [-0.2, -0.15) is 10.2 Å². The molecule has 0 heterocycles. The fraction of sp³-hybridized carbons (Fsp3) is 0.605. The maximum absolute atomic E-state index is 12.5. The number of benzene rings is 2. The van der Waals surface area contributed by atoms with E-state index < -0.39 is 35.6 Å². The zero-order chi connectivity index (χ0) is 46.8. The van der Waals surface area contributed by atoms with E-state index in [1.165, 1.54) is 0 Å². The third kappa shape index (κ3) is 28.4. The van der Waals surface area contributed by atoms with Crippen LogP contribution in [0.15, 0.2) is 58.8 Å². The van der Waals surface area contributed by atoms with Gasteiger partial charge < -0.3 is 70.4 Å². The molecule has 21 heteroatoms. The van der Waals surface area contributed by atoms with Crippen molar-refractivity contribution < 1.29 is 67.3 Å². The van der Waals surface area contributed by atoms with Crippen molar-refractivity contribution in [2.24, 2.45) is 21.9 Å². The van der Waals surface area contributed by atoms with Crippen molar-refractivity contribution in [1.82, 2.24) is 10.6 Å². The summed E-state index contributed by atoms with van der Waals surface area (Å²) in [6, 6.07) is 12.5. The van der Waals surface area contributed by atoms with Crippen molar-refractivity contribution in [3.8, 4) is 0 Å². The molecule has 2 aromatic rings. The number of carboxylic acids is 2. The first-order valence-electron chi connectivity index (χ1n) is 21.3. The quantitative estimate of drug-likeness (QED) is 0.0371. The summed E-state index contributed by atoms with van der Waals surface area (Å²) in [5, 5.41) is 38.7. The molecule has 358 valence electrons. The SMILES string of the molecule is CC(C)(C)OC(=O)NC(CC(CCCC(=O)Nc1ccc(N=Nc2ccc(NCCNC(=O)CCOCCOCCOCCOCCOCCOCCN)cc2)cc1)C(=O)O)C(=O)O. The van der Waals surface area contributed by atoms with Gasteiger partial charge in [-0.25, -0.2) is 9.59 Å². The van der Waals surface area contributed by atoms with Gasteiger partial charge in [0.1, 0.15) is 11.6 Å². The van der Waals surface area contributed by atoms with Gasteiger partial charge in [0.05, 0.1) is 96.6 Å². The largest absolute Gasteiger partial charge is 0.481 e. The second kappa shape index (κ2) is 33.3. The molecular weight excluding hydrogens is 839 g/mol. The Morgan fingerprint density at radius 2 is 1.11 bits per heavy atom. The summed E-state index contributed by atoms with van der Waals surface area (Å²) < 4.78 is 37.5. The summed E-state index contributed by atoms with van der Waals surface area (Å²) in [4.78, 5) is 60.2. The highest BCUT2D eigenvalue weighted by Crippen LogP contribution is 2.23. The van der Waals surface area contributed by atoms with Crippen LogP contribution in [0.3, 0.4) is 0 Å². The minimum Gasteiger partial charge on any atom is -0.481 e. The van der Waals surface area contributed by atoms with Crippen LogP contribution in [0.25, 0.3) is 0 Å². The van der Waals surface area contributed by atoms with Gasteiger partial charge in [0, 0.05) is 43.9 Å². The molecular formula is C43H67N7O14. The molecule has 0 radical (unpaired) electrons. The van der Waals surface area contributed by atoms with E-state index in [9.17, 15) is 34.2 Å². The van der Waals surface area contributed by atoms with Gasteiger partial charge in [-0.15, -0.1) is 0 Å². The summed E-state index contributed by atoms with van der Waals surface area (Å²) in [6.07, 6.45) is -0.901. The van der Waals surface area contributed by atoms with E-state index in [4.69, 9.17) is 38.9 Å².